The number of nitrogens with two attached hydrogens (primary N) is 1. The number of rotatable bonds is 1. The molecule has 2 aromatic rings. The van der Waals surface area contributed by atoms with Crippen LogP contribution in [0.25, 0.3) is 5.52 Å². The standard InChI is InChI=1S/C9H8F3N3/c10-9(11,12)7-3-1-2-6-5-14-8(4-13)15(6)7/h1-3,5H,4,13H2. The Balaban J connectivity index is 2.78. The molecule has 0 bridgehead atoms. The Bertz CT molecular complexity index is 487. The molecule has 0 spiro atoms. The first-order chi connectivity index (χ1) is 7.04. The fraction of sp³-hybridized carbons (Fsp3) is 0.222. The zero-order valence-corrected chi connectivity index (χ0v) is 7.62. The van der Waals surface area contributed by atoms with E-state index in [1.165, 1.54) is 12.3 Å². The highest BCUT2D eigenvalue weighted by atomic mass is 19.4. The molecule has 6 heteroatoms. The fourth-order valence-corrected chi connectivity index (χ4v) is 1.48. The molecule has 0 fully saturated rings. The van der Waals surface area contributed by atoms with Crippen molar-refractivity contribution < 1.29 is 13.2 Å². The van der Waals surface area contributed by atoms with Gasteiger partial charge in [-0.2, -0.15) is 13.2 Å². The number of nitrogens with zero attached hydrogens (tertiary/aromatic N) is 2. The van der Waals surface area contributed by atoms with Gasteiger partial charge in [0.1, 0.15) is 11.5 Å². The van der Waals surface area contributed by atoms with Gasteiger partial charge < -0.3 is 5.73 Å². The molecule has 0 saturated carbocycles. The zero-order chi connectivity index (χ0) is 11.1. The van der Waals surface area contributed by atoms with Gasteiger partial charge in [0.05, 0.1) is 18.3 Å². The molecular formula is C9H8F3N3. The van der Waals surface area contributed by atoms with Crippen molar-refractivity contribution in [3.05, 3.63) is 35.9 Å². The summed E-state index contributed by atoms with van der Waals surface area (Å²) in [5.41, 5.74) is 4.96. The minimum absolute atomic E-state index is 0.0265. The van der Waals surface area contributed by atoms with Gasteiger partial charge in [0.2, 0.25) is 0 Å². The van der Waals surface area contributed by atoms with Gasteiger partial charge in [0, 0.05) is 0 Å². The Kier molecular flexibility index (Phi) is 2.15. The second kappa shape index (κ2) is 3.23. The van der Waals surface area contributed by atoms with Gasteiger partial charge in [0.15, 0.2) is 0 Å². The second-order valence-electron chi connectivity index (χ2n) is 3.05. The lowest BCUT2D eigenvalue weighted by Crippen LogP contribution is -2.14. The summed E-state index contributed by atoms with van der Waals surface area (Å²) >= 11 is 0. The minimum Gasteiger partial charge on any atom is -0.324 e. The summed E-state index contributed by atoms with van der Waals surface area (Å²) in [7, 11) is 0. The highest BCUT2D eigenvalue weighted by Gasteiger charge is 2.33. The molecule has 0 unspecified atom stereocenters. The van der Waals surface area contributed by atoms with Gasteiger partial charge in [-0.05, 0) is 12.1 Å². The van der Waals surface area contributed by atoms with Gasteiger partial charge in [-0.25, -0.2) is 4.98 Å². The zero-order valence-electron chi connectivity index (χ0n) is 7.62. The van der Waals surface area contributed by atoms with Crippen LogP contribution in [0.5, 0.6) is 0 Å². The van der Waals surface area contributed by atoms with Crippen LogP contribution in [0.3, 0.4) is 0 Å². The molecule has 80 valence electrons. The molecule has 15 heavy (non-hydrogen) atoms. The van der Waals surface area contributed by atoms with E-state index in [1.54, 1.807) is 6.07 Å². The Morgan fingerprint density at radius 3 is 2.67 bits per heavy atom. The van der Waals surface area contributed by atoms with Gasteiger partial charge in [0.25, 0.3) is 0 Å². The van der Waals surface area contributed by atoms with Crippen molar-refractivity contribution >= 4 is 5.52 Å². The van der Waals surface area contributed by atoms with Crippen molar-refractivity contribution in [3.8, 4) is 0 Å². The van der Waals surface area contributed by atoms with Gasteiger partial charge >= 0.3 is 6.18 Å². The molecule has 0 radical (unpaired) electrons. The predicted octanol–water partition coefficient (Wildman–Crippen LogP) is 1.81. The van der Waals surface area contributed by atoms with Crippen LogP contribution in [0.1, 0.15) is 11.5 Å². The highest BCUT2D eigenvalue weighted by molar-refractivity contribution is 5.47. The van der Waals surface area contributed by atoms with Crippen LogP contribution >= 0.6 is 0 Å². The molecule has 2 rings (SSSR count). The van der Waals surface area contributed by atoms with Crippen molar-refractivity contribution in [2.24, 2.45) is 5.73 Å². The molecule has 0 aromatic carbocycles. The van der Waals surface area contributed by atoms with Crippen molar-refractivity contribution in [2.75, 3.05) is 0 Å². The maximum atomic E-state index is 12.6. The lowest BCUT2D eigenvalue weighted by Gasteiger charge is -2.10. The Hall–Kier alpha value is -1.56. The molecule has 0 aliphatic carbocycles. The van der Waals surface area contributed by atoms with Gasteiger partial charge in [-0.3, -0.25) is 4.40 Å². The molecule has 0 atom stereocenters. The number of aromatic nitrogens is 2. The van der Waals surface area contributed by atoms with E-state index < -0.39 is 11.9 Å². The van der Waals surface area contributed by atoms with Crippen molar-refractivity contribution in [3.63, 3.8) is 0 Å². The molecular weight excluding hydrogens is 207 g/mol. The van der Waals surface area contributed by atoms with Crippen molar-refractivity contribution in [2.45, 2.75) is 12.7 Å². The van der Waals surface area contributed by atoms with Crippen LogP contribution in [-0.4, -0.2) is 9.38 Å². The Morgan fingerprint density at radius 2 is 2.07 bits per heavy atom. The SMILES string of the molecule is NCc1ncc2cccc(C(F)(F)F)n12. The second-order valence-corrected chi connectivity index (χ2v) is 3.05. The van der Waals surface area contributed by atoms with Crippen LogP contribution in [-0.2, 0) is 12.7 Å². The summed E-state index contributed by atoms with van der Waals surface area (Å²) in [4.78, 5) is 3.83. The van der Waals surface area contributed by atoms with Crippen LogP contribution in [0, 0.1) is 0 Å². The van der Waals surface area contributed by atoms with Crippen LogP contribution in [0.15, 0.2) is 24.4 Å². The van der Waals surface area contributed by atoms with E-state index >= 15 is 0 Å². The lowest BCUT2D eigenvalue weighted by molar-refractivity contribution is -0.142. The summed E-state index contributed by atoms with van der Waals surface area (Å²) < 4.78 is 38.9. The van der Waals surface area contributed by atoms with Crippen molar-refractivity contribution in [1.29, 1.82) is 0 Å². The summed E-state index contributed by atoms with van der Waals surface area (Å²) in [6.45, 7) is -0.0265. The third kappa shape index (κ3) is 1.56. The number of hydrogen-bond acceptors (Lipinski definition) is 2. The smallest absolute Gasteiger partial charge is 0.324 e. The molecule has 0 amide bonds. The number of hydrogen-bond donors (Lipinski definition) is 1. The first-order valence-corrected chi connectivity index (χ1v) is 4.26. The summed E-state index contributed by atoms with van der Waals surface area (Å²) in [5, 5.41) is 0. The third-order valence-corrected chi connectivity index (χ3v) is 2.10. The average Bonchev–Trinajstić information content (AvgIpc) is 2.58. The van der Waals surface area contributed by atoms with E-state index in [9.17, 15) is 13.2 Å². The Labute approximate surface area is 83.3 Å². The molecule has 2 N–H and O–H groups in total. The van der Waals surface area contributed by atoms with Crippen molar-refractivity contribution in [1.82, 2.24) is 9.38 Å². The molecule has 2 heterocycles. The normalized spacial score (nSPS) is 12.3. The van der Waals surface area contributed by atoms with E-state index in [0.717, 1.165) is 10.5 Å². The predicted molar refractivity (Wildman–Crippen MR) is 48.1 cm³/mol. The molecule has 2 aromatic heterocycles. The maximum Gasteiger partial charge on any atom is 0.431 e. The Morgan fingerprint density at radius 1 is 1.33 bits per heavy atom. The van der Waals surface area contributed by atoms with E-state index in [-0.39, 0.29) is 12.4 Å². The van der Waals surface area contributed by atoms with E-state index in [1.807, 2.05) is 0 Å². The number of pyridine rings is 1. The minimum atomic E-state index is -4.40. The number of halogens is 3. The number of alkyl halides is 3. The molecule has 3 nitrogen and oxygen atoms in total. The number of imidazole rings is 1. The number of fused-ring (bicyclic) bond motifs is 1. The first-order valence-electron chi connectivity index (χ1n) is 4.26. The third-order valence-electron chi connectivity index (χ3n) is 2.10. The first kappa shape index (κ1) is 9.97. The lowest BCUT2D eigenvalue weighted by atomic mass is 10.3. The van der Waals surface area contributed by atoms with E-state index in [0.29, 0.717) is 5.52 Å². The van der Waals surface area contributed by atoms with Crippen LogP contribution in [0.4, 0.5) is 13.2 Å². The van der Waals surface area contributed by atoms with E-state index in [2.05, 4.69) is 4.98 Å². The van der Waals surface area contributed by atoms with E-state index in [4.69, 9.17) is 5.73 Å². The van der Waals surface area contributed by atoms with Crippen LogP contribution < -0.4 is 5.73 Å². The summed E-state index contributed by atoms with van der Waals surface area (Å²) in [5.74, 6) is 0.206. The molecule has 0 aliphatic rings. The van der Waals surface area contributed by atoms with Gasteiger partial charge in [-0.15, -0.1) is 0 Å². The fourth-order valence-electron chi connectivity index (χ4n) is 1.48. The quantitative estimate of drug-likeness (QED) is 0.788. The summed E-state index contributed by atoms with van der Waals surface area (Å²) in [6, 6.07) is 3.91. The average molecular weight is 215 g/mol. The summed E-state index contributed by atoms with van der Waals surface area (Å²) in [6.07, 6.45) is -3.03. The largest absolute Gasteiger partial charge is 0.431 e. The highest BCUT2D eigenvalue weighted by Crippen LogP contribution is 2.30. The topological polar surface area (TPSA) is 43.3 Å². The molecule has 0 saturated heterocycles. The monoisotopic (exact) mass is 215 g/mol. The maximum absolute atomic E-state index is 12.6. The van der Waals surface area contributed by atoms with Gasteiger partial charge in [-0.1, -0.05) is 6.07 Å². The van der Waals surface area contributed by atoms with Crippen LogP contribution in [0.2, 0.25) is 0 Å². The molecule has 0 aliphatic heterocycles.